The molecule has 0 radical (unpaired) electrons. The molecular formula is C29H25N3OS. The first-order valence-electron chi connectivity index (χ1n) is 11.3. The predicted octanol–water partition coefficient (Wildman–Crippen LogP) is 6.67. The van der Waals surface area contributed by atoms with Gasteiger partial charge in [-0.3, -0.25) is 14.7 Å². The maximum atomic E-state index is 14.3. The lowest BCUT2D eigenvalue weighted by molar-refractivity contribution is -0.119. The van der Waals surface area contributed by atoms with E-state index in [4.69, 9.17) is 4.98 Å². The number of benzene rings is 3. The Morgan fingerprint density at radius 2 is 1.59 bits per heavy atom. The second-order valence-electron chi connectivity index (χ2n) is 8.47. The maximum Gasteiger partial charge on any atom is 0.241 e. The third-order valence-electron chi connectivity index (χ3n) is 5.89. The van der Waals surface area contributed by atoms with Crippen molar-refractivity contribution >= 4 is 32.6 Å². The molecule has 168 valence electrons. The summed E-state index contributed by atoms with van der Waals surface area (Å²) in [6.45, 7) is 4.56. The normalized spacial score (nSPS) is 11.1. The van der Waals surface area contributed by atoms with Gasteiger partial charge in [0.05, 0.1) is 22.7 Å². The number of anilines is 1. The molecule has 0 fully saturated rings. The molecule has 5 heteroatoms. The Morgan fingerprint density at radius 3 is 2.21 bits per heavy atom. The number of hydrogen-bond acceptors (Lipinski definition) is 4. The van der Waals surface area contributed by atoms with E-state index in [1.807, 2.05) is 83.9 Å². The third-order valence-corrected chi connectivity index (χ3v) is 6.92. The van der Waals surface area contributed by atoms with Crippen LogP contribution in [0.3, 0.4) is 0 Å². The molecular weight excluding hydrogens is 438 g/mol. The largest absolute Gasteiger partial charge is 0.283 e. The highest BCUT2D eigenvalue weighted by molar-refractivity contribution is 7.22. The van der Waals surface area contributed by atoms with Crippen LogP contribution in [0.4, 0.5) is 5.13 Å². The Kier molecular flexibility index (Phi) is 6.19. The summed E-state index contributed by atoms with van der Waals surface area (Å²) in [6, 6.07) is 28.1. The molecule has 1 amide bonds. The summed E-state index contributed by atoms with van der Waals surface area (Å²) in [4.78, 5) is 25.4. The number of nitrogens with zero attached hydrogens (tertiary/aromatic N) is 3. The van der Waals surface area contributed by atoms with E-state index in [2.05, 4.69) is 31.0 Å². The molecule has 0 aliphatic carbocycles. The average Bonchev–Trinajstić information content (AvgIpc) is 3.29. The zero-order valence-corrected chi connectivity index (χ0v) is 20.0. The first kappa shape index (κ1) is 22.0. The fourth-order valence-corrected chi connectivity index (χ4v) is 5.46. The Balaban J connectivity index is 1.64. The van der Waals surface area contributed by atoms with Gasteiger partial charge in [0.1, 0.15) is 0 Å². The minimum absolute atomic E-state index is 0.00492. The fraction of sp³-hybridized carbons (Fsp3) is 0.138. The standard InChI is InChI=1S/C29H25N3OS/c1-20-16-21(2)27-25(17-20)34-29(31-27)32(19-22-10-9-15-30-18-22)28(33)26(23-11-5-3-6-12-23)24-13-7-4-8-14-24/h3-18,26H,19H2,1-2H3. The van der Waals surface area contributed by atoms with Gasteiger partial charge in [-0.05, 0) is 53.8 Å². The molecule has 3 aromatic carbocycles. The van der Waals surface area contributed by atoms with Crippen LogP contribution in [0.15, 0.2) is 97.3 Å². The number of aromatic nitrogens is 2. The van der Waals surface area contributed by atoms with Crippen LogP contribution in [-0.2, 0) is 11.3 Å². The maximum absolute atomic E-state index is 14.3. The summed E-state index contributed by atoms with van der Waals surface area (Å²) in [6.07, 6.45) is 3.55. The van der Waals surface area contributed by atoms with E-state index in [1.54, 1.807) is 17.5 Å². The molecule has 2 heterocycles. The van der Waals surface area contributed by atoms with E-state index >= 15 is 0 Å². The summed E-state index contributed by atoms with van der Waals surface area (Å²) >= 11 is 1.56. The Morgan fingerprint density at radius 1 is 0.912 bits per heavy atom. The molecule has 0 saturated heterocycles. The van der Waals surface area contributed by atoms with Crippen LogP contribution >= 0.6 is 11.3 Å². The van der Waals surface area contributed by atoms with Crippen LogP contribution in [0, 0.1) is 13.8 Å². The van der Waals surface area contributed by atoms with Gasteiger partial charge in [0.25, 0.3) is 0 Å². The van der Waals surface area contributed by atoms with Gasteiger partial charge < -0.3 is 0 Å². The zero-order chi connectivity index (χ0) is 23.5. The molecule has 0 atom stereocenters. The van der Waals surface area contributed by atoms with Gasteiger partial charge in [0.2, 0.25) is 5.91 Å². The summed E-state index contributed by atoms with van der Waals surface area (Å²) in [5.74, 6) is -0.441. The quantitative estimate of drug-likeness (QED) is 0.282. The number of fused-ring (bicyclic) bond motifs is 1. The topological polar surface area (TPSA) is 46.1 Å². The third kappa shape index (κ3) is 4.47. The van der Waals surface area contributed by atoms with E-state index in [0.717, 1.165) is 32.5 Å². The van der Waals surface area contributed by atoms with Crippen molar-refractivity contribution in [3.8, 4) is 0 Å². The number of thiazole rings is 1. The summed E-state index contributed by atoms with van der Waals surface area (Å²) < 4.78 is 1.09. The molecule has 5 aromatic rings. The molecule has 34 heavy (non-hydrogen) atoms. The van der Waals surface area contributed by atoms with Gasteiger partial charge in [0, 0.05) is 12.4 Å². The van der Waals surface area contributed by atoms with Gasteiger partial charge in [-0.2, -0.15) is 0 Å². The average molecular weight is 464 g/mol. The molecule has 2 aromatic heterocycles. The molecule has 0 bridgehead atoms. The van der Waals surface area contributed by atoms with Crippen molar-refractivity contribution in [3.05, 3.63) is 125 Å². The number of aryl methyl sites for hydroxylation is 2. The molecule has 0 N–H and O–H groups in total. The van der Waals surface area contributed by atoms with Gasteiger partial charge in [-0.25, -0.2) is 4.98 Å². The summed E-state index contributed by atoms with van der Waals surface area (Å²) in [7, 11) is 0. The Hall–Kier alpha value is -3.83. The number of carbonyl (C=O) groups is 1. The van der Waals surface area contributed by atoms with Crippen molar-refractivity contribution in [1.29, 1.82) is 0 Å². The Bertz CT molecular complexity index is 1380. The van der Waals surface area contributed by atoms with Gasteiger partial charge in [-0.15, -0.1) is 0 Å². The van der Waals surface area contributed by atoms with Crippen LogP contribution < -0.4 is 4.90 Å². The Labute approximate surface area is 203 Å². The highest BCUT2D eigenvalue weighted by Crippen LogP contribution is 2.35. The summed E-state index contributed by atoms with van der Waals surface area (Å²) in [5.41, 5.74) is 6.14. The second kappa shape index (κ2) is 9.57. The number of amides is 1. The number of pyridine rings is 1. The van der Waals surface area contributed by atoms with Crippen molar-refractivity contribution in [1.82, 2.24) is 9.97 Å². The van der Waals surface area contributed by atoms with Crippen molar-refractivity contribution in [2.45, 2.75) is 26.3 Å². The van der Waals surface area contributed by atoms with Crippen molar-refractivity contribution in [2.75, 3.05) is 4.90 Å². The monoisotopic (exact) mass is 463 g/mol. The van der Waals surface area contributed by atoms with Crippen LogP contribution in [0.1, 0.15) is 33.7 Å². The lowest BCUT2D eigenvalue weighted by Gasteiger charge is -2.26. The predicted molar refractivity (Wildman–Crippen MR) is 139 cm³/mol. The second-order valence-corrected chi connectivity index (χ2v) is 9.47. The van der Waals surface area contributed by atoms with Gasteiger partial charge in [-0.1, -0.05) is 84.1 Å². The van der Waals surface area contributed by atoms with Gasteiger partial charge >= 0.3 is 0 Å². The van der Waals surface area contributed by atoms with E-state index in [1.165, 1.54) is 5.56 Å². The van der Waals surface area contributed by atoms with Crippen LogP contribution in [0.5, 0.6) is 0 Å². The molecule has 0 unspecified atom stereocenters. The van der Waals surface area contributed by atoms with Crippen molar-refractivity contribution in [3.63, 3.8) is 0 Å². The van der Waals surface area contributed by atoms with Crippen molar-refractivity contribution < 1.29 is 4.79 Å². The molecule has 4 nitrogen and oxygen atoms in total. The fourth-order valence-electron chi connectivity index (χ4n) is 4.31. The van der Waals surface area contributed by atoms with Crippen molar-refractivity contribution in [2.24, 2.45) is 0 Å². The van der Waals surface area contributed by atoms with E-state index in [0.29, 0.717) is 11.7 Å². The molecule has 5 rings (SSSR count). The minimum Gasteiger partial charge on any atom is -0.283 e. The first-order chi connectivity index (χ1) is 16.6. The lowest BCUT2D eigenvalue weighted by atomic mass is 9.90. The SMILES string of the molecule is Cc1cc(C)c2nc(N(Cc3cccnc3)C(=O)C(c3ccccc3)c3ccccc3)sc2c1. The van der Waals surface area contributed by atoms with E-state index < -0.39 is 5.92 Å². The highest BCUT2D eigenvalue weighted by atomic mass is 32.1. The smallest absolute Gasteiger partial charge is 0.241 e. The van der Waals surface area contributed by atoms with E-state index in [9.17, 15) is 4.79 Å². The zero-order valence-electron chi connectivity index (χ0n) is 19.2. The lowest BCUT2D eigenvalue weighted by Crippen LogP contribution is -2.35. The summed E-state index contributed by atoms with van der Waals surface area (Å²) in [5, 5.41) is 0.703. The molecule has 0 aliphatic rings. The first-order valence-corrected chi connectivity index (χ1v) is 12.1. The number of carbonyl (C=O) groups excluding carboxylic acids is 1. The molecule has 0 spiro atoms. The minimum atomic E-state index is -0.436. The highest BCUT2D eigenvalue weighted by Gasteiger charge is 2.30. The van der Waals surface area contributed by atoms with Crippen LogP contribution in [0.2, 0.25) is 0 Å². The molecule has 0 saturated carbocycles. The van der Waals surface area contributed by atoms with Gasteiger partial charge in [0.15, 0.2) is 5.13 Å². The van der Waals surface area contributed by atoms with Crippen LogP contribution in [0.25, 0.3) is 10.2 Å². The number of hydrogen-bond donors (Lipinski definition) is 0. The number of rotatable bonds is 6. The molecule has 0 aliphatic heterocycles. The van der Waals surface area contributed by atoms with E-state index in [-0.39, 0.29) is 5.91 Å². The van der Waals surface area contributed by atoms with Crippen LogP contribution in [-0.4, -0.2) is 15.9 Å².